The summed E-state index contributed by atoms with van der Waals surface area (Å²) in [6.07, 6.45) is -3.94. The number of thiazole rings is 1. The molecule has 0 saturated heterocycles. The molecule has 0 radical (unpaired) electrons. The summed E-state index contributed by atoms with van der Waals surface area (Å²) in [5.41, 5.74) is 5.14. The zero-order chi connectivity index (χ0) is 14.8. The van der Waals surface area contributed by atoms with Crippen LogP contribution in [0.5, 0.6) is 0 Å². The van der Waals surface area contributed by atoms with Gasteiger partial charge in [-0.2, -0.15) is 18.2 Å². The number of nitrogens with one attached hydrogen (secondary N) is 1. The second kappa shape index (κ2) is 5.61. The number of nitrogens with zero attached hydrogens (tertiary/aromatic N) is 3. The molecule has 0 fully saturated rings. The maximum Gasteiger partial charge on any atom is 0.433 e. The first kappa shape index (κ1) is 14.5. The molecule has 5 nitrogen and oxygen atoms in total. The second-order valence-electron chi connectivity index (χ2n) is 4.05. The Morgan fingerprint density at radius 3 is 2.65 bits per heavy atom. The Hall–Kier alpha value is -1.90. The van der Waals surface area contributed by atoms with Crippen molar-refractivity contribution in [1.29, 1.82) is 0 Å². The van der Waals surface area contributed by atoms with E-state index >= 15 is 0 Å². The minimum atomic E-state index is -4.54. The highest BCUT2D eigenvalue weighted by Gasteiger charge is 2.33. The van der Waals surface area contributed by atoms with Gasteiger partial charge in [0.05, 0.1) is 5.01 Å². The van der Waals surface area contributed by atoms with E-state index in [-0.39, 0.29) is 5.82 Å². The van der Waals surface area contributed by atoms with Crippen molar-refractivity contribution in [3.8, 4) is 0 Å². The molecule has 2 aromatic heterocycles. The van der Waals surface area contributed by atoms with Gasteiger partial charge in [-0.3, -0.25) is 0 Å². The quantitative estimate of drug-likeness (QED) is 0.907. The molecule has 0 aliphatic carbocycles. The van der Waals surface area contributed by atoms with Crippen molar-refractivity contribution in [2.75, 3.05) is 17.6 Å². The molecule has 3 N–H and O–H groups in total. The number of hydrogen-bond donors (Lipinski definition) is 2. The lowest BCUT2D eigenvalue weighted by molar-refractivity contribution is -0.141. The van der Waals surface area contributed by atoms with Crippen LogP contribution in [0.3, 0.4) is 0 Å². The van der Waals surface area contributed by atoms with Crippen LogP contribution >= 0.6 is 11.3 Å². The third-order valence-electron chi connectivity index (χ3n) is 2.35. The van der Waals surface area contributed by atoms with Gasteiger partial charge in [0.15, 0.2) is 5.69 Å². The van der Waals surface area contributed by atoms with E-state index in [1.807, 2.05) is 12.3 Å². The minimum Gasteiger partial charge on any atom is -0.369 e. The predicted molar refractivity (Wildman–Crippen MR) is 70.5 cm³/mol. The lowest BCUT2D eigenvalue weighted by atomic mass is 10.3. The van der Waals surface area contributed by atoms with Gasteiger partial charge >= 0.3 is 6.18 Å². The van der Waals surface area contributed by atoms with Gasteiger partial charge in [-0.25, -0.2) is 9.97 Å². The molecule has 2 heterocycles. The number of alkyl halides is 3. The van der Waals surface area contributed by atoms with Crippen molar-refractivity contribution in [2.45, 2.75) is 19.5 Å². The molecule has 0 spiro atoms. The van der Waals surface area contributed by atoms with Crippen LogP contribution in [0.1, 0.15) is 16.4 Å². The van der Waals surface area contributed by atoms with Crippen molar-refractivity contribution < 1.29 is 13.2 Å². The van der Waals surface area contributed by atoms with Crippen LogP contribution in [0.4, 0.5) is 24.9 Å². The molecule has 0 aliphatic heterocycles. The lowest BCUT2D eigenvalue weighted by Gasteiger charge is -2.09. The molecular formula is C11H12F3N5S. The van der Waals surface area contributed by atoms with Gasteiger partial charge in [-0.1, -0.05) is 0 Å². The van der Waals surface area contributed by atoms with Crippen molar-refractivity contribution in [2.24, 2.45) is 0 Å². The highest BCUT2D eigenvalue weighted by Crippen LogP contribution is 2.29. The first-order valence-corrected chi connectivity index (χ1v) is 6.59. The fourth-order valence-electron chi connectivity index (χ4n) is 1.52. The number of halogens is 3. The second-order valence-corrected chi connectivity index (χ2v) is 5.00. The Morgan fingerprint density at radius 1 is 1.30 bits per heavy atom. The van der Waals surface area contributed by atoms with Crippen molar-refractivity contribution in [3.05, 3.63) is 27.8 Å². The first-order valence-electron chi connectivity index (χ1n) is 5.71. The van der Waals surface area contributed by atoms with Crippen LogP contribution in [-0.4, -0.2) is 21.5 Å². The molecule has 2 aromatic rings. The Balaban J connectivity index is 2.00. The number of nitrogen functional groups attached to an aromatic ring is 1. The number of hydrogen-bond acceptors (Lipinski definition) is 6. The molecule has 0 amide bonds. The Bertz CT molecular complexity index is 596. The standard InChI is InChI=1S/C11H12F3N5S/c1-6-5-20-9(17-6)2-3-16-8-4-7(11(12,13)14)18-10(15)19-8/h4-5H,2-3H2,1H3,(H3,15,16,18,19). The van der Waals surface area contributed by atoms with Gasteiger partial charge in [0.25, 0.3) is 0 Å². The number of anilines is 2. The molecule has 0 aromatic carbocycles. The van der Waals surface area contributed by atoms with Gasteiger partial charge in [0, 0.05) is 30.1 Å². The minimum absolute atomic E-state index is 0.0538. The average molecular weight is 303 g/mol. The SMILES string of the molecule is Cc1csc(CCNc2cc(C(F)(F)F)nc(N)n2)n1. The normalized spacial score (nSPS) is 11.6. The van der Waals surface area contributed by atoms with E-state index in [9.17, 15) is 13.2 Å². The topological polar surface area (TPSA) is 76.7 Å². The van der Waals surface area contributed by atoms with Crippen molar-refractivity contribution >= 4 is 23.1 Å². The maximum atomic E-state index is 12.6. The molecule has 0 unspecified atom stereocenters. The molecule has 2 rings (SSSR count). The third kappa shape index (κ3) is 3.80. The highest BCUT2D eigenvalue weighted by atomic mass is 32.1. The van der Waals surface area contributed by atoms with Gasteiger partial charge in [-0.15, -0.1) is 11.3 Å². The van der Waals surface area contributed by atoms with E-state index in [0.29, 0.717) is 13.0 Å². The fraction of sp³-hybridized carbons (Fsp3) is 0.364. The van der Waals surface area contributed by atoms with Gasteiger partial charge in [0.1, 0.15) is 5.82 Å². The van der Waals surface area contributed by atoms with E-state index in [4.69, 9.17) is 5.73 Å². The Kier molecular flexibility index (Phi) is 4.07. The van der Waals surface area contributed by atoms with Crippen LogP contribution in [-0.2, 0) is 12.6 Å². The number of aromatic nitrogens is 3. The Morgan fingerprint density at radius 2 is 2.05 bits per heavy atom. The lowest BCUT2D eigenvalue weighted by Crippen LogP contribution is -2.14. The van der Waals surface area contributed by atoms with Crippen LogP contribution in [0.2, 0.25) is 0 Å². The maximum absolute atomic E-state index is 12.6. The summed E-state index contributed by atoms with van der Waals surface area (Å²) in [4.78, 5) is 11.1. The smallest absolute Gasteiger partial charge is 0.369 e. The molecule has 0 saturated carbocycles. The zero-order valence-corrected chi connectivity index (χ0v) is 11.3. The summed E-state index contributed by atoms with van der Waals surface area (Å²) in [5.74, 6) is -0.356. The van der Waals surface area contributed by atoms with E-state index in [0.717, 1.165) is 16.8 Å². The first-order chi connectivity index (χ1) is 9.34. The highest BCUT2D eigenvalue weighted by molar-refractivity contribution is 7.09. The van der Waals surface area contributed by atoms with Crippen LogP contribution in [0.25, 0.3) is 0 Å². The van der Waals surface area contributed by atoms with E-state index < -0.39 is 17.8 Å². The molecule has 9 heteroatoms. The van der Waals surface area contributed by atoms with E-state index in [1.54, 1.807) is 0 Å². The van der Waals surface area contributed by atoms with Gasteiger partial charge in [-0.05, 0) is 6.92 Å². The summed E-state index contributed by atoms with van der Waals surface area (Å²) < 4.78 is 37.7. The predicted octanol–water partition coefficient (Wildman–Crippen LogP) is 2.50. The molecule has 0 atom stereocenters. The molecule has 0 bridgehead atoms. The van der Waals surface area contributed by atoms with Gasteiger partial charge < -0.3 is 11.1 Å². The molecule has 0 aliphatic rings. The monoisotopic (exact) mass is 303 g/mol. The van der Waals surface area contributed by atoms with Crippen molar-refractivity contribution in [1.82, 2.24) is 15.0 Å². The number of aryl methyl sites for hydroxylation is 1. The van der Waals surface area contributed by atoms with E-state index in [1.165, 1.54) is 11.3 Å². The largest absolute Gasteiger partial charge is 0.433 e. The number of nitrogens with two attached hydrogens (primary N) is 1. The van der Waals surface area contributed by atoms with Crippen molar-refractivity contribution in [3.63, 3.8) is 0 Å². The summed E-state index contributed by atoms with van der Waals surface area (Å²) >= 11 is 1.51. The summed E-state index contributed by atoms with van der Waals surface area (Å²) in [6, 6.07) is 0.837. The van der Waals surface area contributed by atoms with Gasteiger partial charge in [0.2, 0.25) is 5.95 Å². The van der Waals surface area contributed by atoms with E-state index in [2.05, 4.69) is 20.3 Å². The van der Waals surface area contributed by atoms with Crippen LogP contribution in [0, 0.1) is 6.92 Å². The fourth-order valence-corrected chi connectivity index (χ4v) is 2.29. The Labute approximate surface area is 117 Å². The average Bonchev–Trinajstić information content (AvgIpc) is 2.73. The molecule has 20 heavy (non-hydrogen) atoms. The van der Waals surface area contributed by atoms with Crippen LogP contribution < -0.4 is 11.1 Å². The molecule has 108 valence electrons. The van der Waals surface area contributed by atoms with Crippen LogP contribution in [0.15, 0.2) is 11.4 Å². The summed E-state index contributed by atoms with van der Waals surface area (Å²) in [5, 5.41) is 5.62. The number of rotatable bonds is 4. The molecular weight excluding hydrogens is 291 g/mol. The summed E-state index contributed by atoms with van der Waals surface area (Å²) in [7, 11) is 0. The third-order valence-corrected chi connectivity index (χ3v) is 3.37. The summed E-state index contributed by atoms with van der Waals surface area (Å²) in [6.45, 7) is 2.30. The zero-order valence-electron chi connectivity index (χ0n) is 10.5.